The predicted molar refractivity (Wildman–Crippen MR) is 39.3 cm³/mol. The van der Waals surface area contributed by atoms with Crippen molar-refractivity contribution < 1.29 is 0 Å². The standard InChI is InChI=1S/C7H15.Al/c1-3-5-7-6-4-2;/h1,3-7H2,2H3;/q;+2. The van der Waals surface area contributed by atoms with Crippen molar-refractivity contribution in [2.24, 2.45) is 0 Å². The van der Waals surface area contributed by atoms with E-state index in [4.69, 9.17) is 0 Å². The fraction of sp³-hybridized carbons (Fsp3) is 1.00. The molecule has 0 N–H and O–H groups in total. The summed E-state index contributed by atoms with van der Waals surface area (Å²) in [5.74, 6) is 0. The van der Waals surface area contributed by atoms with Gasteiger partial charge in [-0.3, -0.25) is 0 Å². The summed E-state index contributed by atoms with van der Waals surface area (Å²) in [6.07, 6.45) is 7.04. The van der Waals surface area contributed by atoms with Crippen LogP contribution in [0.25, 0.3) is 0 Å². The molecule has 0 unspecified atom stereocenters. The Bertz CT molecular complexity index is 29.4. The Morgan fingerprint density at radius 2 is 1.62 bits per heavy atom. The van der Waals surface area contributed by atoms with E-state index in [-0.39, 0.29) is 0 Å². The first-order valence-corrected chi connectivity index (χ1v) is 4.43. The van der Waals surface area contributed by atoms with Crippen molar-refractivity contribution in [3.8, 4) is 0 Å². The molecule has 0 aromatic rings. The van der Waals surface area contributed by atoms with Gasteiger partial charge in [0.25, 0.3) is 0 Å². The van der Waals surface area contributed by atoms with E-state index in [2.05, 4.69) is 23.2 Å². The van der Waals surface area contributed by atoms with Crippen LogP contribution in [0.15, 0.2) is 0 Å². The maximum atomic E-state index is 2.77. The predicted octanol–water partition coefficient (Wildman–Crippen LogP) is 2.54. The molecule has 0 fully saturated rings. The van der Waals surface area contributed by atoms with Gasteiger partial charge in [0, 0.05) is 0 Å². The zero-order valence-corrected chi connectivity index (χ0v) is 6.97. The minimum atomic E-state index is 1.28. The van der Waals surface area contributed by atoms with E-state index in [0.717, 1.165) is 0 Å². The van der Waals surface area contributed by atoms with Crippen LogP contribution in [-0.4, -0.2) is 16.3 Å². The molecule has 0 aromatic carbocycles. The Hall–Kier alpha value is 0.532. The fourth-order valence-electron chi connectivity index (χ4n) is 0.748. The Morgan fingerprint density at radius 1 is 1.00 bits per heavy atom. The summed E-state index contributed by atoms with van der Waals surface area (Å²) in [7, 11) is 0. The second-order valence-corrected chi connectivity index (χ2v) is 2.78. The van der Waals surface area contributed by atoms with Crippen LogP contribution < -0.4 is 0 Å². The average Bonchev–Trinajstić information content (AvgIpc) is 1.81. The van der Waals surface area contributed by atoms with Crippen LogP contribution in [0.3, 0.4) is 0 Å². The van der Waals surface area contributed by atoms with Crippen LogP contribution >= 0.6 is 0 Å². The third kappa shape index (κ3) is 6.53. The zero-order valence-electron chi connectivity index (χ0n) is 5.82. The number of unbranched alkanes of at least 4 members (excludes halogenated alkanes) is 4. The van der Waals surface area contributed by atoms with Crippen molar-refractivity contribution in [2.45, 2.75) is 44.3 Å². The first-order valence-electron chi connectivity index (χ1n) is 3.62. The van der Waals surface area contributed by atoms with Crippen LogP contribution in [0.2, 0.25) is 5.28 Å². The van der Waals surface area contributed by atoms with Gasteiger partial charge < -0.3 is 0 Å². The molecule has 0 aliphatic carbocycles. The average molecular weight is 126 g/mol. The Balaban J connectivity index is 2.53. The summed E-state index contributed by atoms with van der Waals surface area (Å²) < 4.78 is 0. The van der Waals surface area contributed by atoms with E-state index in [0.29, 0.717) is 0 Å². The topological polar surface area (TPSA) is 0 Å². The van der Waals surface area contributed by atoms with Crippen molar-refractivity contribution in [1.29, 1.82) is 0 Å². The van der Waals surface area contributed by atoms with Crippen LogP contribution in [0, 0.1) is 0 Å². The monoisotopic (exact) mass is 126 g/mol. The van der Waals surface area contributed by atoms with Crippen molar-refractivity contribution in [3.05, 3.63) is 0 Å². The summed E-state index contributed by atoms with van der Waals surface area (Å²) in [4.78, 5) is 0. The van der Waals surface area contributed by atoms with Crippen molar-refractivity contribution >= 4 is 16.3 Å². The normalized spacial score (nSPS) is 9.88. The van der Waals surface area contributed by atoms with Gasteiger partial charge in [0.05, 0.1) is 0 Å². The third-order valence-corrected chi connectivity index (χ3v) is 1.72. The van der Waals surface area contributed by atoms with E-state index in [1.165, 1.54) is 37.4 Å². The second kappa shape index (κ2) is 7.53. The SMILES string of the molecule is CCCCCC[CH2][Al+2]. The molecule has 0 bridgehead atoms. The maximum absolute atomic E-state index is 2.77. The number of hydrogen-bond acceptors (Lipinski definition) is 0. The summed E-state index contributed by atoms with van der Waals surface area (Å²) in [6.45, 7) is 2.25. The molecule has 0 saturated carbocycles. The zero-order chi connectivity index (χ0) is 6.24. The summed E-state index contributed by atoms with van der Waals surface area (Å²) >= 11 is 2.77. The molecule has 0 aliphatic rings. The van der Waals surface area contributed by atoms with Gasteiger partial charge in [-0.05, 0) is 0 Å². The van der Waals surface area contributed by atoms with Gasteiger partial charge in [0.1, 0.15) is 0 Å². The van der Waals surface area contributed by atoms with Crippen LogP contribution in [0.1, 0.15) is 39.0 Å². The fourth-order valence-corrected chi connectivity index (χ4v) is 1.04. The van der Waals surface area contributed by atoms with Gasteiger partial charge in [0.2, 0.25) is 0 Å². The van der Waals surface area contributed by atoms with Gasteiger partial charge in [-0.2, -0.15) is 0 Å². The molecule has 0 radical (unpaired) electrons. The van der Waals surface area contributed by atoms with Crippen molar-refractivity contribution in [3.63, 3.8) is 0 Å². The molecule has 0 aromatic heterocycles. The van der Waals surface area contributed by atoms with E-state index < -0.39 is 0 Å². The van der Waals surface area contributed by atoms with Crippen molar-refractivity contribution in [1.82, 2.24) is 0 Å². The summed E-state index contributed by atoms with van der Waals surface area (Å²) in [5, 5.41) is 1.28. The molecule has 0 rings (SSSR count). The van der Waals surface area contributed by atoms with E-state index >= 15 is 0 Å². The van der Waals surface area contributed by atoms with Gasteiger partial charge in [-0.1, -0.05) is 0 Å². The van der Waals surface area contributed by atoms with E-state index in [1.807, 2.05) is 0 Å². The number of hydrogen-bond donors (Lipinski definition) is 0. The molecule has 0 heterocycles. The molecule has 0 atom stereocenters. The number of rotatable bonds is 5. The van der Waals surface area contributed by atoms with Crippen LogP contribution in [-0.2, 0) is 0 Å². The quantitative estimate of drug-likeness (QED) is 0.392. The second-order valence-electron chi connectivity index (χ2n) is 2.20. The van der Waals surface area contributed by atoms with Gasteiger partial charge in [-0.25, -0.2) is 0 Å². The minimum absolute atomic E-state index is 1.28. The Kier molecular flexibility index (Phi) is 8.03. The molecule has 0 amide bonds. The van der Waals surface area contributed by atoms with Crippen LogP contribution in [0.4, 0.5) is 0 Å². The van der Waals surface area contributed by atoms with Crippen LogP contribution in [0.5, 0.6) is 0 Å². The molecular formula is C7H15Al+2. The Morgan fingerprint density at radius 3 is 2.12 bits per heavy atom. The van der Waals surface area contributed by atoms with Gasteiger partial charge in [-0.15, -0.1) is 0 Å². The molecule has 0 saturated heterocycles. The van der Waals surface area contributed by atoms with Gasteiger partial charge in [0.15, 0.2) is 0 Å². The first kappa shape index (κ1) is 8.53. The Labute approximate surface area is 61.1 Å². The van der Waals surface area contributed by atoms with E-state index in [9.17, 15) is 0 Å². The summed E-state index contributed by atoms with van der Waals surface area (Å²) in [6, 6.07) is 0. The molecule has 0 spiro atoms. The molecule has 1 heteroatoms. The first-order chi connectivity index (χ1) is 3.91. The molecule has 0 nitrogen and oxygen atoms in total. The van der Waals surface area contributed by atoms with Crippen molar-refractivity contribution in [2.75, 3.05) is 0 Å². The molecule has 0 aliphatic heterocycles. The molecule has 8 heavy (non-hydrogen) atoms. The van der Waals surface area contributed by atoms with Gasteiger partial charge >= 0.3 is 60.6 Å². The van der Waals surface area contributed by atoms with E-state index in [1.54, 1.807) is 0 Å². The molecular weight excluding hydrogens is 111 g/mol. The third-order valence-electron chi connectivity index (χ3n) is 1.31. The molecule has 44 valence electrons. The summed E-state index contributed by atoms with van der Waals surface area (Å²) in [5.41, 5.74) is 0.